The van der Waals surface area contributed by atoms with Crippen LogP contribution in [0.2, 0.25) is 0 Å². The van der Waals surface area contributed by atoms with E-state index in [1.165, 1.54) is 0 Å². The first-order valence-electron chi connectivity index (χ1n) is 5.22. The van der Waals surface area contributed by atoms with Crippen LogP contribution in [0.25, 0.3) is 0 Å². The van der Waals surface area contributed by atoms with Crippen molar-refractivity contribution in [2.45, 2.75) is 20.4 Å². The Morgan fingerprint density at radius 1 is 1.40 bits per heavy atom. The molecule has 1 aromatic rings. The molecule has 0 aliphatic rings. The summed E-state index contributed by atoms with van der Waals surface area (Å²) in [6.45, 7) is 5.85. The number of halogens is 1. The quantitative estimate of drug-likeness (QED) is 0.774. The lowest BCUT2D eigenvalue weighted by atomic mass is 10.1. The van der Waals surface area contributed by atoms with Crippen molar-refractivity contribution in [1.82, 2.24) is 4.90 Å². The van der Waals surface area contributed by atoms with Crippen molar-refractivity contribution in [1.29, 1.82) is 0 Å². The van der Waals surface area contributed by atoms with Gasteiger partial charge in [0, 0.05) is 18.7 Å². The van der Waals surface area contributed by atoms with Crippen LogP contribution in [0.4, 0.5) is 10.1 Å². The summed E-state index contributed by atoms with van der Waals surface area (Å²) < 4.78 is 13.5. The number of anilines is 1. The van der Waals surface area contributed by atoms with Crippen LogP contribution in [-0.2, 0) is 6.54 Å². The van der Waals surface area contributed by atoms with Crippen LogP contribution in [0.1, 0.15) is 19.4 Å². The Labute approximate surface area is 90.9 Å². The predicted molar refractivity (Wildman–Crippen MR) is 62.0 cm³/mol. The molecule has 3 heteroatoms. The molecule has 1 rings (SSSR count). The molecule has 0 amide bonds. The molecule has 0 bridgehead atoms. The molecule has 0 spiro atoms. The average molecular weight is 210 g/mol. The molecule has 0 unspecified atom stereocenters. The number of nitrogens with two attached hydrogens (primary N) is 1. The van der Waals surface area contributed by atoms with Crippen molar-refractivity contribution in [2.24, 2.45) is 5.92 Å². The molecule has 0 heterocycles. The highest BCUT2D eigenvalue weighted by Gasteiger charge is 2.08. The van der Waals surface area contributed by atoms with Gasteiger partial charge in [0.1, 0.15) is 0 Å². The van der Waals surface area contributed by atoms with Gasteiger partial charge < -0.3 is 10.6 Å². The van der Waals surface area contributed by atoms with Crippen molar-refractivity contribution in [3.63, 3.8) is 0 Å². The van der Waals surface area contributed by atoms with E-state index in [1.807, 2.05) is 7.05 Å². The smallest absolute Gasteiger partial charge is 0.150 e. The number of hydrogen-bond donors (Lipinski definition) is 1. The summed E-state index contributed by atoms with van der Waals surface area (Å²) in [6.07, 6.45) is 0. The van der Waals surface area contributed by atoms with Crippen LogP contribution in [-0.4, -0.2) is 18.5 Å². The van der Waals surface area contributed by atoms with Crippen molar-refractivity contribution >= 4 is 5.69 Å². The first-order valence-corrected chi connectivity index (χ1v) is 5.22. The summed E-state index contributed by atoms with van der Waals surface area (Å²) in [6, 6.07) is 5.15. The van der Waals surface area contributed by atoms with Gasteiger partial charge >= 0.3 is 0 Å². The van der Waals surface area contributed by atoms with Crippen LogP contribution in [0.3, 0.4) is 0 Å². The standard InChI is InChI=1S/C12H19FN2/c1-9(2)7-15(3)8-10-5-4-6-11(14)12(10)13/h4-6,9H,7-8,14H2,1-3H3. The average Bonchev–Trinajstić information content (AvgIpc) is 2.11. The Kier molecular flexibility index (Phi) is 4.09. The van der Waals surface area contributed by atoms with Gasteiger partial charge in [0.05, 0.1) is 5.69 Å². The summed E-state index contributed by atoms with van der Waals surface area (Å²) in [5.41, 5.74) is 6.40. The fourth-order valence-electron chi connectivity index (χ4n) is 1.70. The van der Waals surface area contributed by atoms with E-state index in [9.17, 15) is 4.39 Å². The summed E-state index contributed by atoms with van der Waals surface area (Å²) >= 11 is 0. The third-order valence-electron chi connectivity index (χ3n) is 2.23. The Morgan fingerprint density at radius 3 is 2.67 bits per heavy atom. The highest BCUT2D eigenvalue weighted by Crippen LogP contribution is 2.16. The minimum atomic E-state index is -0.284. The molecule has 1 aromatic carbocycles. The number of hydrogen-bond acceptors (Lipinski definition) is 2. The second-order valence-corrected chi connectivity index (χ2v) is 4.41. The SMILES string of the molecule is CC(C)CN(C)Cc1cccc(N)c1F. The maximum atomic E-state index is 13.5. The Balaban J connectivity index is 2.68. The van der Waals surface area contributed by atoms with E-state index in [1.54, 1.807) is 18.2 Å². The third kappa shape index (κ3) is 3.51. The normalized spacial score (nSPS) is 11.3. The molecule has 0 radical (unpaired) electrons. The molecule has 0 saturated carbocycles. The molecule has 2 N–H and O–H groups in total. The van der Waals surface area contributed by atoms with Gasteiger partial charge in [0.15, 0.2) is 5.82 Å². The lowest BCUT2D eigenvalue weighted by molar-refractivity contribution is 0.284. The van der Waals surface area contributed by atoms with E-state index in [-0.39, 0.29) is 11.5 Å². The largest absolute Gasteiger partial charge is 0.396 e. The maximum absolute atomic E-state index is 13.5. The van der Waals surface area contributed by atoms with Gasteiger partial charge in [-0.3, -0.25) is 0 Å². The van der Waals surface area contributed by atoms with E-state index in [0.717, 1.165) is 6.54 Å². The first-order chi connectivity index (χ1) is 7.00. The van der Waals surface area contributed by atoms with Crippen molar-refractivity contribution < 1.29 is 4.39 Å². The monoisotopic (exact) mass is 210 g/mol. The second kappa shape index (κ2) is 5.12. The first kappa shape index (κ1) is 12.0. The molecule has 0 aliphatic heterocycles. The lowest BCUT2D eigenvalue weighted by Crippen LogP contribution is -2.23. The van der Waals surface area contributed by atoms with Gasteiger partial charge in [0.25, 0.3) is 0 Å². The van der Waals surface area contributed by atoms with Gasteiger partial charge in [0.2, 0.25) is 0 Å². The fraction of sp³-hybridized carbons (Fsp3) is 0.500. The Morgan fingerprint density at radius 2 is 2.07 bits per heavy atom. The Hall–Kier alpha value is -1.09. The zero-order valence-corrected chi connectivity index (χ0v) is 9.63. The van der Waals surface area contributed by atoms with Crippen LogP contribution in [0.15, 0.2) is 18.2 Å². The van der Waals surface area contributed by atoms with E-state index in [2.05, 4.69) is 18.7 Å². The van der Waals surface area contributed by atoms with E-state index in [4.69, 9.17) is 5.73 Å². The minimum absolute atomic E-state index is 0.227. The van der Waals surface area contributed by atoms with Crippen LogP contribution < -0.4 is 5.73 Å². The van der Waals surface area contributed by atoms with Gasteiger partial charge in [-0.1, -0.05) is 26.0 Å². The molecule has 0 aromatic heterocycles. The molecule has 15 heavy (non-hydrogen) atoms. The summed E-state index contributed by atoms with van der Waals surface area (Å²) in [7, 11) is 1.99. The van der Waals surface area contributed by atoms with Crippen LogP contribution in [0.5, 0.6) is 0 Å². The minimum Gasteiger partial charge on any atom is -0.396 e. The molecule has 0 atom stereocenters. The number of nitrogens with zero attached hydrogens (tertiary/aromatic N) is 1. The van der Waals surface area contributed by atoms with Crippen molar-refractivity contribution in [3.8, 4) is 0 Å². The topological polar surface area (TPSA) is 29.3 Å². The van der Waals surface area contributed by atoms with Gasteiger partial charge in [-0.25, -0.2) is 4.39 Å². The molecule has 0 saturated heterocycles. The molecule has 84 valence electrons. The van der Waals surface area contributed by atoms with Crippen molar-refractivity contribution in [2.75, 3.05) is 19.3 Å². The molecular weight excluding hydrogens is 191 g/mol. The number of rotatable bonds is 4. The van der Waals surface area contributed by atoms with E-state index >= 15 is 0 Å². The Bertz CT molecular complexity index is 323. The number of benzene rings is 1. The summed E-state index contributed by atoms with van der Waals surface area (Å²) in [4.78, 5) is 2.10. The van der Waals surface area contributed by atoms with Gasteiger partial charge in [-0.05, 0) is 19.0 Å². The van der Waals surface area contributed by atoms with Crippen molar-refractivity contribution in [3.05, 3.63) is 29.6 Å². The summed E-state index contributed by atoms with van der Waals surface area (Å²) in [5.74, 6) is 0.298. The number of nitrogen functional groups attached to an aromatic ring is 1. The molecular formula is C12H19FN2. The highest BCUT2D eigenvalue weighted by molar-refractivity contribution is 5.42. The van der Waals surface area contributed by atoms with E-state index in [0.29, 0.717) is 18.0 Å². The van der Waals surface area contributed by atoms with Crippen LogP contribution >= 0.6 is 0 Å². The second-order valence-electron chi connectivity index (χ2n) is 4.41. The molecule has 0 aliphatic carbocycles. The van der Waals surface area contributed by atoms with E-state index < -0.39 is 0 Å². The predicted octanol–water partition coefficient (Wildman–Crippen LogP) is 2.50. The van der Waals surface area contributed by atoms with Gasteiger partial charge in [-0.15, -0.1) is 0 Å². The zero-order chi connectivity index (χ0) is 11.4. The fourth-order valence-corrected chi connectivity index (χ4v) is 1.70. The highest BCUT2D eigenvalue weighted by atomic mass is 19.1. The lowest BCUT2D eigenvalue weighted by Gasteiger charge is -2.19. The molecule has 2 nitrogen and oxygen atoms in total. The van der Waals surface area contributed by atoms with Crippen LogP contribution in [0, 0.1) is 11.7 Å². The summed E-state index contributed by atoms with van der Waals surface area (Å²) in [5, 5.41) is 0. The van der Waals surface area contributed by atoms with Gasteiger partial charge in [-0.2, -0.15) is 0 Å². The molecule has 0 fully saturated rings. The third-order valence-corrected chi connectivity index (χ3v) is 2.23. The maximum Gasteiger partial charge on any atom is 0.150 e. The zero-order valence-electron chi connectivity index (χ0n) is 9.63.